The molecule has 0 bridgehead atoms. The van der Waals surface area contributed by atoms with Crippen molar-refractivity contribution in [2.45, 2.75) is 13.0 Å². The van der Waals surface area contributed by atoms with E-state index in [9.17, 15) is 4.79 Å². The topological polar surface area (TPSA) is 50.4 Å². The lowest BCUT2D eigenvalue weighted by Crippen LogP contribution is -2.35. The maximum atomic E-state index is 11.7. The molecule has 2 aromatic carbocycles. The number of hydrogen-bond acceptors (Lipinski definition) is 2. The molecule has 2 amide bonds. The third kappa shape index (κ3) is 6.92. The number of rotatable bonds is 7. The summed E-state index contributed by atoms with van der Waals surface area (Å²) in [4.78, 5) is 11.7. The van der Waals surface area contributed by atoms with Crippen molar-refractivity contribution in [3.63, 3.8) is 0 Å². The number of carbonyl (C=O) groups is 1. The molecule has 4 nitrogen and oxygen atoms in total. The van der Waals surface area contributed by atoms with Crippen LogP contribution in [0, 0.1) is 11.8 Å². The van der Waals surface area contributed by atoms with E-state index in [0.29, 0.717) is 11.6 Å². The van der Waals surface area contributed by atoms with Gasteiger partial charge in [-0.05, 0) is 35.7 Å². The van der Waals surface area contributed by atoms with Gasteiger partial charge in [-0.3, -0.25) is 0 Å². The van der Waals surface area contributed by atoms with Gasteiger partial charge in [0.15, 0.2) is 0 Å². The Bertz CT molecular complexity index is 792. The second-order valence-corrected chi connectivity index (χ2v) is 5.84. The summed E-state index contributed by atoms with van der Waals surface area (Å²) in [5.41, 5.74) is 2.05. The van der Waals surface area contributed by atoms with Gasteiger partial charge in [-0.2, -0.15) is 0 Å². The maximum Gasteiger partial charge on any atom is 0.315 e. The fourth-order valence-electron chi connectivity index (χ4n) is 2.17. The first-order valence-corrected chi connectivity index (χ1v) is 8.60. The van der Waals surface area contributed by atoms with Crippen molar-refractivity contribution in [3.05, 3.63) is 77.3 Å². The van der Waals surface area contributed by atoms with Crippen LogP contribution in [0.2, 0.25) is 5.02 Å². The maximum absolute atomic E-state index is 11.7. The highest BCUT2D eigenvalue weighted by Crippen LogP contribution is 2.18. The zero-order valence-corrected chi connectivity index (χ0v) is 15.2. The van der Waals surface area contributed by atoms with Crippen LogP contribution in [-0.4, -0.2) is 19.2 Å². The van der Waals surface area contributed by atoms with Crippen LogP contribution in [-0.2, 0) is 13.0 Å². The van der Waals surface area contributed by atoms with E-state index in [0.717, 1.165) is 23.3 Å². The number of amides is 2. The summed E-state index contributed by atoms with van der Waals surface area (Å²) >= 11 is 5.82. The van der Waals surface area contributed by atoms with Gasteiger partial charge in [0, 0.05) is 11.6 Å². The molecule has 0 spiro atoms. The molecule has 2 aromatic rings. The lowest BCUT2D eigenvalue weighted by atomic mass is 10.1. The molecular weight excluding hydrogens is 348 g/mol. The minimum atomic E-state index is -0.272. The summed E-state index contributed by atoms with van der Waals surface area (Å²) in [6.07, 6.45) is 2.58. The first-order valence-electron chi connectivity index (χ1n) is 8.22. The molecule has 2 rings (SSSR count). The van der Waals surface area contributed by atoms with Crippen LogP contribution >= 0.6 is 11.6 Å². The van der Waals surface area contributed by atoms with Gasteiger partial charge in [0.05, 0.1) is 6.54 Å². The largest absolute Gasteiger partial charge is 0.481 e. The van der Waals surface area contributed by atoms with E-state index in [1.54, 1.807) is 12.1 Å². The summed E-state index contributed by atoms with van der Waals surface area (Å²) in [5.74, 6) is 6.54. The van der Waals surface area contributed by atoms with Gasteiger partial charge in [0.2, 0.25) is 0 Å². The third-order valence-corrected chi connectivity index (χ3v) is 3.72. The number of hydrogen-bond donors (Lipinski definition) is 2. The predicted octanol–water partition coefficient (Wildman–Crippen LogP) is 3.95. The first-order chi connectivity index (χ1) is 12.7. The predicted molar refractivity (Wildman–Crippen MR) is 105 cm³/mol. The van der Waals surface area contributed by atoms with Gasteiger partial charge in [0.25, 0.3) is 0 Å². The lowest BCUT2D eigenvalue weighted by Gasteiger charge is -2.07. The van der Waals surface area contributed by atoms with E-state index in [1.165, 1.54) is 0 Å². The molecule has 134 valence electrons. The second kappa shape index (κ2) is 10.9. The smallest absolute Gasteiger partial charge is 0.315 e. The van der Waals surface area contributed by atoms with Crippen molar-refractivity contribution in [1.29, 1.82) is 0 Å². The van der Waals surface area contributed by atoms with E-state index < -0.39 is 0 Å². The SMILES string of the molecule is C=CCc1ccccc1OCC#CCNC(=O)NCc1ccc(Cl)cc1. The van der Waals surface area contributed by atoms with E-state index in [1.807, 2.05) is 42.5 Å². The first kappa shape index (κ1) is 19.4. The molecular formula is C21H21ClN2O2. The average Bonchev–Trinajstić information content (AvgIpc) is 2.65. The van der Waals surface area contributed by atoms with Crippen LogP contribution in [0.3, 0.4) is 0 Å². The number of urea groups is 1. The zero-order valence-electron chi connectivity index (χ0n) is 14.4. The quantitative estimate of drug-likeness (QED) is 0.574. The van der Waals surface area contributed by atoms with E-state index in [2.05, 4.69) is 29.1 Å². The summed E-state index contributed by atoms with van der Waals surface area (Å²) in [6, 6.07) is 14.8. The Morgan fingerprint density at radius 3 is 2.65 bits per heavy atom. The summed E-state index contributed by atoms with van der Waals surface area (Å²) in [5, 5.41) is 6.10. The second-order valence-electron chi connectivity index (χ2n) is 5.41. The van der Waals surface area contributed by atoms with Gasteiger partial charge >= 0.3 is 6.03 Å². The molecule has 0 saturated heterocycles. The van der Waals surface area contributed by atoms with Crippen molar-refractivity contribution in [1.82, 2.24) is 10.6 Å². The zero-order chi connectivity index (χ0) is 18.6. The van der Waals surface area contributed by atoms with Crippen molar-refractivity contribution in [2.24, 2.45) is 0 Å². The number of halogens is 1. The highest BCUT2D eigenvalue weighted by atomic mass is 35.5. The average molecular weight is 369 g/mol. The van der Waals surface area contributed by atoms with Crippen LogP contribution in [0.1, 0.15) is 11.1 Å². The van der Waals surface area contributed by atoms with Crippen molar-refractivity contribution >= 4 is 17.6 Å². The minimum absolute atomic E-state index is 0.254. The Hall–Kier alpha value is -2.90. The molecule has 0 radical (unpaired) electrons. The molecule has 0 fully saturated rings. The number of allylic oxidation sites excluding steroid dienone is 1. The molecule has 0 unspecified atom stereocenters. The Labute approximate surface area is 159 Å². The Morgan fingerprint density at radius 2 is 1.88 bits per heavy atom. The van der Waals surface area contributed by atoms with E-state index in [4.69, 9.17) is 16.3 Å². The van der Waals surface area contributed by atoms with E-state index in [-0.39, 0.29) is 19.2 Å². The van der Waals surface area contributed by atoms with Gasteiger partial charge in [-0.15, -0.1) is 6.58 Å². The van der Waals surface area contributed by atoms with Crippen LogP contribution in [0.4, 0.5) is 4.79 Å². The molecule has 0 aromatic heterocycles. The van der Waals surface area contributed by atoms with Gasteiger partial charge in [-0.1, -0.05) is 59.8 Å². The van der Waals surface area contributed by atoms with Gasteiger partial charge < -0.3 is 15.4 Å². The van der Waals surface area contributed by atoms with Crippen LogP contribution in [0.5, 0.6) is 5.75 Å². The molecule has 5 heteroatoms. The molecule has 2 N–H and O–H groups in total. The number of carbonyl (C=O) groups excluding carboxylic acids is 1. The molecule has 0 atom stereocenters. The van der Waals surface area contributed by atoms with Crippen molar-refractivity contribution in [2.75, 3.05) is 13.2 Å². The number of ether oxygens (including phenoxy) is 1. The fraction of sp³-hybridized carbons (Fsp3) is 0.190. The lowest BCUT2D eigenvalue weighted by molar-refractivity contribution is 0.241. The number of nitrogens with one attached hydrogen (secondary N) is 2. The van der Waals surface area contributed by atoms with Crippen LogP contribution in [0.25, 0.3) is 0 Å². The molecule has 0 aliphatic heterocycles. The monoisotopic (exact) mass is 368 g/mol. The standard InChI is InChI=1S/C21H21ClN2O2/c1-2-7-18-8-3-4-9-20(18)26-15-6-5-14-23-21(25)24-16-17-10-12-19(22)13-11-17/h2-4,8-13H,1,7,14-16H2,(H2,23,24,25). The molecule has 26 heavy (non-hydrogen) atoms. The van der Waals surface area contributed by atoms with Gasteiger partial charge in [0.1, 0.15) is 12.4 Å². The summed E-state index contributed by atoms with van der Waals surface area (Å²) in [7, 11) is 0. The molecule has 0 saturated carbocycles. The number of benzene rings is 2. The Kier molecular flexibility index (Phi) is 8.11. The summed E-state index contributed by atoms with van der Waals surface area (Å²) < 4.78 is 5.65. The van der Waals surface area contributed by atoms with Crippen LogP contribution < -0.4 is 15.4 Å². The highest BCUT2D eigenvalue weighted by Gasteiger charge is 2.00. The highest BCUT2D eigenvalue weighted by molar-refractivity contribution is 6.30. The molecule has 0 aliphatic rings. The van der Waals surface area contributed by atoms with E-state index >= 15 is 0 Å². The number of para-hydroxylation sites is 1. The molecule has 0 aliphatic carbocycles. The Morgan fingerprint density at radius 1 is 1.12 bits per heavy atom. The van der Waals surface area contributed by atoms with Gasteiger partial charge in [-0.25, -0.2) is 4.79 Å². The third-order valence-electron chi connectivity index (χ3n) is 3.47. The van der Waals surface area contributed by atoms with Crippen molar-refractivity contribution < 1.29 is 9.53 Å². The Balaban J connectivity index is 1.66. The minimum Gasteiger partial charge on any atom is -0.481 e. The molecule has 0 heterocycles. The van der Waals surface area contributed by atoms with Crippen molar-refractivity contribution in [3.8, 4) is 17.6 Å². The summed E-state index contributed by atoms with van der Waals surface area (Å²) in [6.45, 7) is 4.69. The normalized spacial score (nSPS) is 9.58. The fourth-order valence-corrected chi connectivity index (χ4v) is 2.29. The van der Waals surface area contributed by atoms with Crippen LogP contribution in [0.15, 0.2) is 61.2 Å².